The van der Waals surface area contributed by atoms with E-state index in [1.165, 1.54) is 31.3 Å². The normalized spacial score (nSPS) is 13.3. The van der Waals surface area contributed by atoms with Crippen molar-refractivity contribution in [2.75, 3.05) is 0 Å². The van der Waals surface area contributed by atoms with Crippen molar-refractivity contribution < 1.29 is 31.1 Å². The number of hydrogen-bond acceptors (Lipinski definition) is 3. The Morgan fingerprint density at radius 3 is 2.33 bits per heavy atom. The summed E-state index contributed by atoms with van der Waals surface area (Å²) in [7, 11) is 0. The van der Waals surface area contributed by atoms with Gasteiger partial charge in [-0.1, -0.05) is 12.1 Å². The highest BCUT2D eigenvalue weighted by atomic mass is 19.4. The third kappa shape index (κ3) is 4.22. The van der Waals surface area contributed by atoms with E-state index in [1.807, 2.05) is 5.32 Å². The Labute approximate surface area is 167 Å². The van der Waals surface area contributed by atoms with Gasteiger partial charge < -0.3 is 5.32 Å². The van der Waals surface area contributed by atoms with E-state index in [0.29, 0.717) is 0 Å². The Balaban J connectivity index is 2.42. The first-order chi connectivity index (χ1) is 13.9. The van der Waals surface area contributed by atoms with Crippen LogP contribution in [-0.2, 0) is 11.0 Å². The molecule has 0 radical (unpaired) electrons. The summed E-state index contributed by atoms with van der Waals surface area (Å²) in [5.74, 6) is -0.949. The molecule has 0 unspecified atom stereocenters. The molecule has 1 N–H and O–H groups in total. The number of alkyl halides is 6. The molecular weight excluding hydrogens is 412 g/mol. The SMILES string of the molecule is CC(=O)N[C@H](c1cc2cccc(C(F)(F)F)c2nc1-c1cccnc1C)C(F)(F)F. The summed E-state index contributed by atoms with van der Waals surface area (Å²) >= 11 is 0. The lowest BCUT2D eigenvalue weighted by atomic mass is 9.95. The number of carbonyl (C=O) groups is 1. The number of aromatic nitrogens is 2. The Morgan fingerprint density at radius 2 is 1.77 bits per heavy atom. The highest BCUT2D eigenvalue weighted by molar-refractivity contribution is 5.87. The van der Waals surface area contributed by atoms with Crippen LogP contribution in [0.3, 0.4) is 0 Å². The van der Waals surface area contributed by atoms with E-state index in [0.717, 1.165) is 25.1 Å². The predicted octanol–water partition coefficient (Wildman–Crippen LogP) is 5.36. The molecule has 30 heavy (non-hydrogen) atoms. The highest BCUT2D eigenvalue weighted by Gasteiger charge is 2.44. The number of carbonyl (C=O) groups excluding carboxylic acids is 1. The van der Waals surface area contributed by atoms with Gasteiger partial charge in [-0.25, -0.2) is 4.98 Å². The van der Waals surface area contributed by atoms with E-state index in [2.05, 4.69) is 9.97 Å². The second kappa shape index (κ2) is 7.58. The second-order valence-corrected chi connectivity index (χ2v) is 6.61. The molecule has 0 saturated heterocycles. The van der Waals surface area contributed by atoms with Crippen molar-refractivity contribution in [2.45, 2.75) is 32.2 Å². The molecule has 0 fully saturated rings. The van der Waals surface area contributed by atoms with E-state index in [9.17, 15) is 31.1 Å². The number of amides is 1. The largest absolute Gasteiger partial charge is 0.418 e. The molecule has 2 aromatic heterocycles. The van der Waals surface area contributed by atoms with Gasteiger partial charge in [-0.15, -0.1) is 0 Å². The Bertz CT molecular complexity index is 1110. The minimum atomic E-state index is -4.91. The molecule has 0 bridgehead atoms. The number of para-hydroxylation sites is 1. The molecule has 3 rings (SSSR count). The van der Waals surface area contributed by atoms with Crippen LogP contribution in [0.5, 0.6) is 0 Å². The Hall–Kier alpha value is -3.17. The monoisotopic (exact) mass is 427 g/mol. The fraction of sp³-hybridized carbons (Fsp3) is 0.250. The van der Waals surface area contributed by atoms with Gasteiger partial charge in [-0.05, 0) is 31.2 Å². The Morgan fingerprint density at radius 1 is 1.07 bits per heavy atom. The molecule has 1 aromatic carbocycles. The van der Waals surface area contributed by atoms with Crippen LogP contribution >= 0.6 is 0 Å². The Kier molecular flexibility index (Phi) is 5.44. The quantitative estimate of drug-likeness (QED) is 0.573. The van der Waals surface area contributed by atoms with Crippen molar-refractivity contribution >= 4 is 16.8 Å². The number of fused-ring (bicyclic) bond motifs is 1. The summed E-state index contributed by atoms with van der Waals surface area (Å²) in [5.41, 5.74) is -1.96. The molecular formula is C20H15F6N3O. The lowest BCUT2D eigenvalue weighted by Crippen LogP contribution is -2.37. The maximum absolute atomic E-state index is 13.8. The number of halogens is 6. The van der Waals surface area contributed by atoms with E-state index in [1.54, 1.807) is 0 Å². The smallest absolute Gasteiger partial charge is 0.341 e. The summed E-state index contributed by atoms with van der Waals surface area (Å²) in [6, 6.07) is 4.51. The van der Waals surface area contributed by atoms with Crippen LogP contribution in [0.2, 0.25) is 0 Å². The lowest BCUT2D eigenvalue weighted by Gasteiger charge is -2.24. The van der Waals surface area contributed by atoms with Crippen LogP contribution in [0.1, 0.15) is 29.8 Å². The molecule has 158 valence electrons. The maximum atomic E-state index is 13.8. The summed E-state index contributed by atoms with van der Waals surface area (Å²) in [6.45, 7) is 2.42. The van der Waals surface area contributed by atoms with Crippen LogP contribution in [0, 0.1) is 6.92 Å². The average Bonchev–Trinajstić information content (AvgIpc) is 2.63. The molecule has 10 heteroatoms. The first-order valence-electron chi connectivity index (χ1n) is 8.66. The molecule has 1 amide bonds. The third-order valence-electron chi connectivity index (χ3n) is 4.43. The number of pyridine rings is 2. The van der Waals surface area contributed by atoms with Gasteiger partial charge in [0.1, 0.15) is 0 Å². The topological polar surface area (TPSA) is 54.9 Å². The van der Waals surface area contributed by atoms with Crippen LogP contribution in [0.15, 0.2) is 42.6 Å². The standard InChI is InChI=1S/C20H15F6N3O/c1-10-13(6-4-8-27-10)17-14(18(20(24,25)26)28-11(2)30)9-12-5-3-7-15(16(12)29-17)19(21,22)23/h3-9,18H,1-2H3,(H,28,30)/t18-/m1/s1. The molecule has 0 aliphatic rings. The summed E-state index contributed by atoms with van der Waals surface area (Å²) in [6.07, 6.45) is -8.26. The van der Waals surface area contributed by atoms with Crippen LogP contribution < -0.4 is 5.32 Å². The van der Waals surface area contributed by atoms with Gasteiger partial charge in [0.15, 0.2) is 6.04 Å². The van der Waals surface area contributed by atoms with Crippen molar-refractivity contribution in [3.8, 4) is 11.3 Å². The van der Waals surface area contributed by atoms with Crippen LogP contribution in [-0.4, -0.2) is 22.1 Å². The van der Waals surface area contributed by atoms with Crippen molar-refractivity contribution in [1.29, 1.82) is 0 Å². The zero-order valence-electron chi connectivity index (χ0n) is 15.7. The van der Waals surface area contributed by atoms with Crippen molar-refractivity contribution in [2.24, 2.45) is 0 Å². The molecule has 2 heterocycles. The summed E-state index contributed by atoms with van der Waals surface area (Å²) in [4.78, 5) is 19.4. The predicted molar refractivity (Wildman–Crippen MR) is 97.3 cm³/mol. The minimum Gasteiger partial charge on any atom is -0.341 e. The van der Waals surface area contributed by atoms with E-state index in [-0.39, 0.29) is 22.3 Å². The fourth-order valence-electron chi connectivity index (χ4n) is 3.15. The molecule has 0 aliphatic heterocycles. The molecule has 0 saturated carbocycles. The van der Waals surface area contributed by atoms with Gasteiger partial charge in [0.25, 0.3) is 0 Å². The van der Waals surface area contributed by atoms with Crippen LogP contribution in [0.4, 0.5) is 26.3 Å². The summed E-state index contributed by atoms with van der Waals surface area (Å²) in [5, 5.41) is 1.69. The van der Waals surface area contributed by atoms with Crippen molar-refractivity contribution in [1.82, 2.24) is 15.3 Å². The minimum absolute atomic E-state index is 0.131. The molecule has 3 aromatic rings. The highest BCUT2D eigenvalue weighted by Crippen LogP contribution is 2.41. The number of nitrogens with zero attached hydrogens (tertiary/aromatic N) is 2. The van der Waals surface area contributed by atoms with Crippen molar-refractivity contribution in [3.63, 3.8) is 0 Å². The molecule has 0 spiro atoms. The van der Waals surface area contributed by atoms with Gasteiger partial charge in [-0.2, -0.15) is 26.3 Å². The maximum Gasteiger partial charge on any atom is 0.418 e. The number of rotatable bonds is 3. The number of benzene rings is 1. The first-order valence-corrected chi connectivity index (χ1v) is 8.66. The van der Waals surface area contributed by atoms with E-state index >= 15 is 0 Å². The lowest BCUT2D eigenvalue weighted by molar-refractivity contribution is -0.162. The van der Waals surface area contributed by atoms with Gasteiger partial charge >= 0.3 is 12.4 Å². The van der Waals surface area contributed by atoms with Gasteiger partial charge in [0.2, 0.25) is 5.91 Å². The van der Waals surface area contributed by atoms with E-state index < -0.39 is 40.9 Å². The van der Waals surface area contributed by atoms with Crippen LogP contribution in [0.25, 0.3) is 22.2 Å². The fourth-order valence-corrected chi connectivity index (χ4v) is 3.15. The zero-order chi connectivity index (χ0) is 22.3. The zero-order valence-corrected chi connectivity index (χ0v) is 15.7. The number of nitrogens with one attached hydrogen (secondary N) is 1. The second-order valence-electron chi connectivity index (χ2n) is 6.61. The third-order valence-corrected chi connectivity index (χ3v) is 4.43. The first kappa shape index (κ1) is 21.5. The van der Waals surface area contributed by atoms with Gasteiger partial charge in [0.05, 0.1) is 16.8 Å². The average molecular weight is 427 g/mol. The van der Waals surface area contributed by atoms with E-state index in [4.69, 9.17) is 0 Å². The van der Waals surface area contributed by atoms with Crippen molar-refractivity contribution in [3.05, 3.63) is 59.4 Å². The van der Waals surface area contributed by atoms with Gasteiger partial charge in [0, 0.05) is 35.3 Å². The molecule has 0 aliphatic carbocycles. The summed E-state index contributed by atoms with van der Waals surface area (Å²) < 4.78 is 81.8. The molecule has 1 atom stereocenters. The number of hydrogen-bond donors (Lipinski definition) is 1. The molecule has 4 nitrogen and oxygen atoms in total. The number of aryl methyl sites for hydroxylation is 1. The van der Waals surface area contributed by atoms with Gasteiger partial charge in [-0.3, -0.25) is 9.78 Å².